The van der Waals surface area contributed by atoms with E-state index in [4.69, 9.17) is 5.11 Å². The highest BCUT2D eigenvalue weighted by molar-refractivity contribution is 6.02. The molecule has 1 amide bonds. The van der Waals surface area contributed by atoms with Crippen molar-refractivity contribution in [2.24, 2.45) is 0 Å². The summed E-state index contributed by atoms with van der Waals surface area (Å²) in [6.07, 6.45) is 0.993. The number of rotatable bonds is 3. The normalized spacial score (nSPS) is 9.62. The number of aromatic nitrogens is 1. The number of hydrogen-bond acceptors (Lipinski definition) is 4. The van der Waals surface area contributed by atoms with E-state index in [1.165, 1.54) is 0 Å². The fraction of sp³-hybridized carbons (Fsp3) is 0.286. The molecule has 1 rings (SSSR count). The molecule has 0 saturated heterocycles. The molecule has 0 aliphatic heterocycles. The van der Waals surface area contributed by atoms with Gasteiger partial charge in [0.1, 0.15) is 5.56 Å². The molecule has 1 aromatic heterocycles. The lowest BCUT2D eigenvalue weighted by Crippen LogP contribution is -2.23. The monoisotopic (exact) mass is 184 g/mol. The second-order valence-electron chi connectivity index (χ2n) is 2.23. The summed E-state index contributed by atoms with van der Waals surface area (Å²) in [4.78, 5) is 21.6. The Kier molecular flexibility index (Phi) is 2.63. The Morgan fingerprint density at radius 1 is 1.69 bits per heavy atom. The van der Waals surface area contributed by atoms with Crippen LogP contribution in [0.3, 0.4) is 0 Å². The first-order chi connectivity index (χ1) is 6.16. The van der Waals surface area contributed by atoms with Crippen molar-refractivity contribution in [1.29, 1.82) is 0 Å². The average Bonchev–Trinajstić information content (AvgIpc) is 2.52. The van der Waals surface area contributed by atoms with Crippen LogP contribution in [0, 0.1) is 0 Å². The van der Waals surface area contributed by atoms with Crippen LogP contribution in [0.5, 0.6) is 0 Å². The van der Waals surface area contributed by atoms with Gasteiger partial charge in [0.15, 0.2) is 0 Å². The lowest BCUT2D eigenvalue weighted by atomic mass is 10.2. The zero-order chi connectivity index (χ0) is 9.84. The van der Waals surface area contributed by atoms with E-state index in [-0.39, 0.29) is 11.3 Å². The number of amides is 1. The third-order valence-corrected chi connectivity index (χ3v) is 1.34. The summed E-state index contributed by atoms with van der Waals surface area (Å²) in [6.45, 7) is 2.12. The molecule has 2 N–H and O–H groups in total. The summed E-state index contributed by atoms with van der Waals surface area (Å²) in [5, 5.41) is 14.2. The van der Waals surface area contributed by atoms with Crippen molar-refractivity contribution in [3.63, 3.8) is 0 Å². The molecule has 1 heterocycles. The molecule has 0 saturated carbocycles. The standard InChI is InChI=1S/C7H8N2O4/c1-2-8-6(10)5-4(7(11)12)3-9-13-5/h3H,2H2,1H3,(H,8,10)(H,11,12). The van der Waals surface area contributed by atoms with E-state index >= 15 is 0 Å². The molecule has 6 nitrogen and oxygen atoms in total. The van der Waals surface area contributed by atoms with Crippen molar-refractivity contribution < 1.29 is 19.2 Å². The van der Waals surface area contributed by atoms with E-state index in [1.807, 2.05) is 0 Å². The van der Waals surface area contributed by atoms with Gasteiger partial charge in [-0.25, -0.2) is 4.79 Å². The van der Waals surface area contributed by atoms with Crippen molar-refractivity contribution in [3.8, 4) is 0 Å². The Labute approximate surface area is 73.5 Å². The fourth-order valence-electron chi connectivity index (χ4n) is 0.797. The van der Waals surface area contributed by atoms with Crippen molar-refractivity contribution in [3.05, 3.63) is 17.5 Å². The van der Waals surface area contributed by atoms with E-state index < -0.39 is 11.9 Å². The minimum atomic E-state index is -1.23. The molecule has 0 bridgehead atoms. The van der Waals surface area contributed by atoms with Crippen LogP contribution in [0.4, 0.5) is 0 Å². The molecule has 0 aromatic carbocycles. The van der Waals surface area contributed by atoms with E-state index in [0.717, 1.165) is 6.20 Å². The van der Waals surface area contributed by atoms with Crippen LogP contribution >= 0.6 is 0 Å². The summed E-state index contributed by atoms with van der Waals surface area (Å²) in [5.41, 5.74) is -0.231. The second kappa shape index (κ2) is 3.70. The summed E-state index contributed by atoms with van der Waals surface area (Å²) in [7, 11) is 0. The molecule has 0 spiro atoms. The smallest absolute Gasteiger partial charge is 0.341 e. The number of aromatic carboxylic acids is 1. The summed E-state index contributed by atoms with van der Waals surface area (Å²) in [5.74, 6) is -2.07. The molecule has 1 aromatic rings. The lowest BCUT2D eigenvalue weighted by Gasteiger charge is -1.97. The number of carboxylic acids is 1. The van der Waals surface area contributed by atoms with Crippen molar-refractivity contribution in [2.75, 3.05) is 6.54 Å². The van der Waals surface area contributed by atoms with Gasteiger partial charge in [-0.1, -0.05) is 5.16 Å². The van der Waals surface area contributed by atoms with Gasteiger partial charge >= 0.3 is 5.97 Å². The van der Waals surface area contributed by atoms with Gasteiger partial charge in [0.05, 0.1) is 6.20 Å². The quantitative estimate of drug-likeness (QED) is 0.696. The maximum atomic E-state index is 11.1. The third-order valence-electron chi connectivity index (χ3n) is 1.34. The minimum Gasteiger partial charge on any atom is -0.477 e. The van der Waals surface area contributed by atoms with Crippen LogP contribution in [0.15, 0.2) is 10.7 Å². The Morgan fingerprint density at radius 2 is 2.38 bits per heavy atom. The molecular formula is C7H8N2O4. The van der Waals surface area contributed by atoms with Gasteiger partial charge in [-0.15, -0.1) is 0 Å². The molecule has 0 aliphatic carbocycles. The molecular weight excluding hydrogens is 176 g/mol. The van der Waals surface area contributed by atoms with Gasteiger partial charge in [-0.05, 0) is 6.92 Å². The highest BCUT2D eigenvalue weighted by Gasteiger charge is 2.20. The summed E-state index contributed by atoms with van der Waals surface area (Å²) >= 11 is 0. The van der Waals surface area contributed by atoms with E-state index in [9.17, 15) is 9.59 Å². The van der Waals surface area contributed by atoms with Crippen LogP contribution in [0.2, 0.25) is 0 Å². The Morgan fingerprint density at radius 3 is 2.92 bits per heavy atom. The largest absolute Gasteiger partial charge is 0.477 e. The van der Waals surface area contributed by atoms with Crippen molar-refractivity contribution in [1.82, 2.24) is 10.5 Å². The van der Waals surface area contributed by atoms with Gasteiger partial charge in [0.2, 0.25) is 5.76 Å². The van der Waals surface area contributed by atoms with Gasteiger partial charge in [0.25, 0.3) is 5.91 Å². The number of hydrogen-bond donors (Lipinski definition) is 2. The fourth-order valence-corrected chi connectivity index (χ4v) is 0.797. The van der Waals surface area contributed by atoms with Gasteiger partial charge in [-0.3, -0.25) is 4.79 Å². The molecule has 70 valence electrons. The molecule has 0 fully saturated rings. The summed E-state index contributed by atoms with van der Waals surface area (Å²) in [6, 6.07) is 0. The molecule has 13 heavy (non-hydrogen) atoms. The topological polar surface area (TPSA) is 92.4 Å². The predicted molar refractivity (Wildman–Crippen MR) is 41.5 cm³/mol. The van der Waals surface area contributed by atoms with Gasteiger partial charge in [-0.2, -0.15) is 0 Å². The van der Waals surface area contributed by atoms with Crippen LogP contribution in [-0.2, 0) is 0 Å². The number of carboxylic acid groups (broad SMARTS) is 1. The van der Waals surface area contributed by atoms with Crippen LogP contribution in [0.25, 0.3) is 0 Å². The zero-order valence-electron chi connectivity index (χ0n) is 6.90. The first kappa shape index (κ1) is 9.24. The maximum absolute atomic E-state index is 11.1. The van der Waals surface area contributed by atoms with Crippen molar-refractivity contribution >= 4 is 11.9 Å². The molecule has 0 aliphatic rings. The van der Waals surface area contributed by atoms with Crippen molar-refractivity contribution in [2.45, 2.75) is 6.92 Å². The minimum absolute atomic E-state index is 0.231. The number of nitrogens with one attached hydrogen (secondary N) is 1. The van der Waals surface area contributed by atoms with Gasteiger partial charge < -0.3 is 14.9 Å². The second-order valence-corrected chi connectivity index (χ2v) is 2.23. The van der Waals surface area contributed by atoms with Gasteiger partial charge in [0, 0.05) is 6.54 Å². The molecule has 6 heteroatoms. The first-order valence-electron chi connectivity index (χ1n) is 3.63. The lowest BCUT2D eigenvalue weighted by molar-refractivity contribution is 0.0687. The molecule has 0 radical (unpaired) electrons. The summed E-state index contributed by atoms with van der Waals surface area (Å²) < 4.78 is 4.50. The SMILES string of the molecule is CCNC(=O)c1oncc1C(=O)O. The zero-order valence-corrected chi connectivity index (χ0v) is 6.90. The van der Waals surface area contributed by atoms with E-state index in [0.29, 0.717) is 6.54 Å². The highest BCUT2D eigenvalue weighted by atomic mass is 16.5. The Hall–Kier alpha value is -1.85. The molecule has 0 atom stereocenters. The number of nitrogens with zero attached hydrogens (tertiary/aromatic N) is 1. The van der Waals surface area contributed by atoms with E-state index in [1.54, 1.807) is 6.92 Å². The maximum Gasteiger partial charge on any atom is 0.341 e. The average molecular weight is 184 g/mol. The van der Waals surface area contributed by atoms with Crippen LogP contribution in [-0.4, -0.2) is 28.7 Å². The van der Waals surface area contributed by atoms with E-state index in [2.05, 4.69) is 15.0 Å². The molecule has 0 unspecified atom stereocenters. The number of carbonyl (C=O) groups excluding carboxylic acids is 1. The van der Waals surface area contributed by atoms with Crippen LogP contribution in [0.1, 0.15) is 27.8 Å². The Bertz CT molecular complexity index is 331. The predicted octanol–water partition coefficient (Wildman–Crippen LogP) is 0.123. The van der Waals surface area contributed by atoms with Crippen LogP contribution < -0.4 is 5.32 Å². The Balaban J connectivity index is 2.93. The highest BCUT2D eigenvalue weighted by Crippen LogP contribution is 2.07. The first-order valence-corrected chi connectivity index (χ1v) is 3.63. The number of carbonyl (C=O) groups is 2. The third kappa shape index (κ3) is 1.84.